The zero-order chi connectivity index (χ0) is 9.30. The monoisotopic (exact) mass is 180 g/mol. The van der Waals surface area contributed by atoms with Gasteiger partial charge in [0.2, 0.25) is 0 Å². The van der Waals surface area contributed by atoms with E-state index in [1.807, 2.05) is 0 Å². The first kappa shape index (κ1) is 9.85. The lowest BCUT2D eigenvalue weighted by Crippen LogP contribution is -2.58. The molecule has 72 valence electrons. The first-order valence-electron chi connectivity index (χ1n) is 3.56. The zero-order valence-electron chi connectivity index (χ0n) is 6.24. The third-order valence-electron chi connectivity index (χ3n) is 1.87. The second-order valence-electron chi connectivity index (χ2n) is 2.72. The molecule has 0 bridgehead atoms. The summed E-state index contributed by atoms with van der Waals surface area (Å²) in [6.07, 6.45) is -7.04. The minimum Gasteiger partial charge on any atom is -0.394 e. The van der Waals surface area contributed by atoms with Gasteiger partial charge in [0.25, 0.3) is 0 Å². The van der Waals surface area contributed by atoms with Gasteiger partial charge in [0.15, 0.2) is 6.29 Å². The number of hydrogen-bond donors (Lipinski definition) is 5. The lowest BCUT2D eigenvalue weighted by Gasteiger charge is -2.37. The van der Waals surface area contributed by atoms with E-state index in [1.54, 1.807) is 0 Å². The van der Waals surface area contributed by atoms with Crippen LogP contribution in [0.4, 0.5) is 0 Å². The molecule has 5 atom stereocenters. The molecule has 0 amide bonds. The molecule has 0 aromatic rings. The largest absolute Gasteiger partial charge is 0.394 e. The third-order valence-corrected chi connectivity index (χ3v) is 1.87. The van der Waals surface area contributed by atoms with Gasteiger partial charge in [-0.25, -0.2) is 0 Å². The van der Waals surface area contributed by atoms with Gasteiger partial charge >= 0.3 is 0 Å². The van der Waals surface area contributed by atoms with E-state index in [9.17, 15) is 0 Å². The van der Waals surface area contributed by atoms with Gasteiger partial charge in [0, 0.05) is 0 Å². The molecule has 0 aliphatic carbocycles. The fourth-order valence-electron chi connectivity index (χ4n) is 1.08. The maximum absolute atomic E-state index is 9.12. The van der Waals surface area contributed by atoms with Gasteiger partial charge in [-0.15, -0.1) is 0 Å². The molecule has 6 nitrogen and oxygen atoms in total. The molecular formula is C6H12O6. The lowest BCUT2D eigenvalue weighted by molar-refractivity contribution is -0.286. The van der Waals surface area contributed by atoms with Gasteiger partial charge in [-0.3, -0.25) is 0 Å². The zero-order valence-corrected chi connectivity index (χ0v) is 6.24. The quantitative estimate of drug-likeness (QED) is 0.290. The fraction of sp³-hybridized carbons (Fsp3) is 1.00. The minimum atomic E-state index is -1.57. The summed E-state index contributed by atoms with van der Waals surface area (Å²) in [5.41, 5.74) is 0. The number of aliphatic hydroxyl groups excluding tert-OH is 5. The summed E-state index contributed by atoms with van der Waals surface area (Å²) in [4.78, 5) is 0. The fourth-order valence-corrected chi connectivity index (χ4v) is 1.08. The topological polar surface area (TPSA) is 110 Å². The van der Waals surface area contributed by atoms with Gasteiger partial charge < -0.3 is 30.3 Å². The van der Waals surface area contributed by atoms with Gasteiger partial charge in [-0.2, -0.15) is 0 Å². The van der Waals surface area contributed by atoms with Crippen LogP contribution in [0, 0.1) is 0 Å². The summed E-state index contributed by atoms with van der Waals surface area (Å²) in [5.74, 6) is 0. The van der Waals surface area contributed by atoms with Gasteiger partial charge in [0.05, 0.1) is 6.61 Å². The Bertz CT molecular complexity index is 146. The van der Waals surface area contributed by atoms with E-state index in [-0.39, 0.29) is 0 Å². The third kappa shape index (κ3) is 1.58. The van der Waals surface area contributed by atoms with Crippen LogP contribution in [0.15, 0.2) is 0 Å². The lowest BCUT2D eigenvalue weighted by atomic mass is 10.00. The Morgan fingerprint density at radius 2 is 1.50 bits per heavy atom. The summed E-state index contributed by atoms with van der Waals surface area (Å²) < 4.78 is 4.58. The summed E-state index contributed by atoms with van der Waals surface area (Å²) >= 11 is 0. The first-order chi connectivity index (χ1) is 5.57. The van der Waals surface area contributed by atoms with Crippen LogP contribution in [-0.4, -0.2) is 62.8 Å². The van der Waals surface area contributed by atoms with Crippen molar-refractivity contribution in [3.05, 3.63) is 0 Å². The van der Waals surface area contributed by atoms with Gasteiger partial charge in [0.1, 0.15) is 24.4 Å². The summed E-state index contributed by atoms with van der Waals surface area (Å²) in [6, 6.07) is 0. The molecule has 1 unspecified atom stereocenters. The standard InChI is InChI=1S/C6H12O6/c7-1-2-3(8)4(9)5(10)6(11)12-2/h2-11H,1H2/t2-,3-,4+,5+,6?/m0/s1. The van der Waals surface area contributed by atoms with Crippen molar-refractivity contribution in [3.63, 3.8) is 0 Å². The molecule has 0 saturated carbocycles. The van der Waals surface area contributed by atoms with Crippen molar-refractivity contribution in [2.24, 2.45) is 0 Å². The molecule has 6 heteroatoms. The summed E-state index contributed by atoms with van der Waals surface area (Å²) in [6.45, 7) is -0.526. The van der Waals surface area contributed by atoms with Crippen LogP contribution >= 0.6 is 0 Å². The van der Waals surface area contributed by atoms with Gasteiger partial charge in [-0.05, 0) is 0 Å². The van der Waals surface area contributed by atoms with E-state index in [0.29, 0.717) is 0 Å². The molecule has 5 N–H and O–H groups in total. The van der Waals surface area contributed by atoms with Crippen LogP contribution in [0.2, 0.25) is 0 Å². The number of rotatable bonds is 1. The van der Waals surface area contributed by atoms with Crippen LogP contribution in [0.5, 0.6) is 0 Å². The van der Waals surface area contributed by atoms with Crippen LogP contribution in [0.1, 0.15) is 0 Å². The number of aliphatic hydroxyl groups is 5. The molecule has 1 saturated heterocycles. The predicted octanol–water partition coefficient (Wildman–Crippen LogP) is -3.22. The first-order valence-corrected chi connectivity index (χ1v) is 3.56. The highest BCUT2D eigenvalue weighted by atomic mass is 16.6. The van der Waals surface area contributed by atoms with Crippen molar-refractivity contribution in [1.29, 1.82) is 0 Å². The predicted molar refractivity (Wildman–Crippen MR) is 36.0 cm³/mol. The second-order valence-corrected chi connectivity index (χ2v) is 2.72. The Balaban J connectivity index is 2.63. The molecule has 1 aliphatic heterocycles. The Morgan fingerprint density at radius 1 is 0.917 bits per heavy atom. The molecule has 0 radical (unpaired) electrons. The smallest absolute Gasteiger partial charge is 0.184 e. The highest BCUT2D eigenvalue weighted by Gasteiger charge is 2.42. The highest BCUT2D eigenvalue weighted by Crippen LogP contribution is 2.18. The molecule has 1 rings (SSSR count). The molecule has 0 spiro atoms. The second kappa shape index (κ2) is 3.65. The Labute approximate surface area is 68.6 Å². The van der Waals surface area contributed by atoms with Crippen LogP contribution in [0.3, 0.4) is 0 Å². The van der Waals surface area contributed by atoms with Crippen molar-refractivity contribution < 1.29 is 30.3 Å². The van der Waals surface area contributed by atoms with Gasteiger partial charge in [-0.1, -0.05) is 0 Å². The number of ether oxygens (including phenoxy) is 1. The number of hydrogen-bond acceptors (Lipinski definition) is 6. The van der Waals surface area contributed by atoms with E-state index >= 15 is 0 Å². The van der Waals surface area contributed by atoms with E-state index in [1.165, 1.54) is 0 Å². The molecule has 1 aliphatic rings. The molecule has 0 aromatic heterocycles. The molecular weight excluding hydrogens is 168 g/mol. The average Bonchev–Trinajstić information content (AvgIpc) is 2.08. The van der Waals surface area contributed by atoms with Crippen molar-refractivity contribution in [3.8, 4) is 0 Å². The summed E-state index contributed by atoms with van der Waals surface area (Å²) in [7, 11) is 0. The van der Waals surface area contributed by atoms with Crippen molar-refractivity contribution in [1.82, 2.24) is 0 Å². The SMILES string of the molecule is OC[C@@H]1OC(O)[C@H](O)[C@H](O)[C@H]1O. The van der Waals surface area contributed by atoms with Crippen molar-refractivity contribution in [2.45, 2.75) is 30.7 Å². The van der Waals surface area contributed by atoms with Crippen LogP contribution in [0.25, 0.3) is 0 Å². The Morgan fingerprint density at radius 3 is 2.00 bits per heavy atom. The van der Waals surface area contributed by atoms with E-state index in [4.69, 9.17) is 25.5 Å². The maximum atomic E-state index is 9.12. The Kier molecular flexibility index (Phi) is 2.99. The minimum absolute atomic E-state index is 0.526. The normalized spacial score (nSPS) is 49.2. The van der Waals surface area contributed by atoms with Crippen LogP contribution < -0.4 is 0 Å². The summed E-state index contributed by atoms with van der Waals surface area (Å²) in [5, 5.41) is 44.7. The Hall–Kier alpha value is -0.240. The van der Waals surface area contributed by atoms with E-state index < -0.39 is 37.3 Å². The molecule has 0 aromatic carbocycles. The van der Waals surface area contributed by atoms with Crippen molar-refractivity contribution in [2.75, 3.05) is 6.61 Å². The van der Waals surface area contributed by atoms with E-state index in [0.717, 1.165) is 0 Å². The molecule has 1 fully saturated rings. The van der Waals surface area contributed by atoms with Crippen LogP contribution in [-0.2, 0) is 4.74 Å². The maximum Gasteiger partial charge on any atom is 0.184 e. The van der Waals surface area contributed by atoms with Crippen molar-refractivity contribution >= 4 is 0 Å². The highest BCUT2D eigenvalue weighted by molar-refractivity contribution is 4.87. The molecule has 12 heavy (non-hydrogen) atoms. The average molecular weight is 180 g/mol. The van der Waals surface area contributed by atoms with E-state index in [2.05, 4.69) is 4.74 Å². The molecule has 1 heterocycles.